The van der Waals surface area contributed by atoms with Gasteiger partial charge in [-0.05, 0) is 30.3 Å². The van der Waals surface area contributed by atoms with Crippen LogP contribution in [0.2, 0.25) is 0 Å². The predicted octanol–water partition coefficient (Wildman–Crippen LogP) is 1.67. The maximum Gasteiger partial charge on any atom is 0.356 e. The molecular weight excluding hydrogens is 396 g/mol. The molecule has 1 aromatic carbocycles. The van der Waals surface area contributed by atoms with Gasteiger partial charge in [0.05, 0.1) is 18.5 Å². The number of esters is 1. The first kappa shape index (κ1) is 20.3. The number of ether oxygens (including phenoxy) is 1. The molecule has 1 aliphatic rings. The van der Waals surface area contributed by atoms with Crippen LogP contribution in [0.15, 0.2) is 54.9 Å². The summed E-state index contributed by atoms with van der Waals surface area (Å²) in [6, 6.07) is 12.4. The fourth-order valence-electron chi connectivity index (χ4n) is 3.33. The fourth-order valence-corrected chi connectivity index (χ4v) is 3.33. The van der Waals surface area contributed by atoms with E-state index in [1.54, 1.807) is 60.5 Å². The molecule has 31 heavy (non-hydrogen) atoms. The summed E-state index contributed by atoms with van der Waals surface area (Å²) in [4.78, 5) is 30.1. The van der Waals surface area contributed by atoms with Gasteiger partial charge in [-0.1, -0.05) is 24.0 Å². The number of rotatable bonds is 3. The molecule has 1 saturated heterocycles. The van der Waals surface area contributed by atoms with E-state index in [2.05, 4.69) is 21.9 Å². The monoisotopic (exact) mass is 416 g/mol. The first-order chi connectivity index (χ1) is 14.9. The van der Waals surface area contributed by atoms with Gasteiger partial charge in [-0.3, -0.25) is 4.79 Å². The van der Waals surface area contributed by atoms with Crippen LogP contribution < -0.4 is 0 Å². The first-order valence-corrected chi connectivity index (χ1v) is 9.61. The zero-order valence-corrected chi connectivity index (χ0v) is 17.1. The second-order valence-corrected chi connectivity index (χ2v) is 7.21. The molecule has 4 rings (SSSR count). The first-order valence-electron chi connectivity index (χ1n) is 9.61. The summed E-state index contributed by atoms with van der Waals surface area (Å²) >= 11 is 0. The van der Waals surface area contributed by atoms with E-state index in [9.17, 15) is 14.7 Å². The van der Waals surface area contributed by atoms with Crippen molar-refractivity contribution in [3.05, 3.63) is 66.1 Å². The van der Waals surface area contributed by atoms with E-state index in [0.717, 1.165) is 0 Å². The number of nitrogens with zero attached hydrogens (tertiary/aromatic N) is 4. The molecule has 8 heteroatoms. The number of aromatic nitrogens is 3. The van der Waals surface area contributed by atoms with Crippen molar-refractivity contribution in [1.29, 1.82) is 0 Å². The largest absolute Gasteiger partial charge is 0.464 e. The lowest BCUT2D eigenvalue weighted by atomic mass is 10.0. The summed E-state index contributed by atoms with van der Waals surface area (Å²) in [6.07, 6.45) is 3.67. The number of carbonyl (C=O) groups excluding carboxylic acids is 2. The molecule has 156 valence electrons. The number of likely N-dealkylation sites (tertiary alicyclic amines) is 1. The lowest BCUT2D eigenvalue weighted by molar-refractivity contribution is -0.137. The number of carbonyl (C=O) groups is 2. The molecule has 0 radical (unpaired) electrons. The van der Waals surface area contributed by atoms with Crippen LogP contribution in [0.5, 0.6) is 0 Å². The van der Waals surface area contributed by atoms with Gasteiger partial charge in [0.15, 0.2) is 5.69 Å². The Morgan fingerprint density at radius 3 is 2.77 bits per heavy atom. The second-order valence-electron chi connectivity index (χ2n) is 7.21. The van der Waals surface area contributed by atoms with Crippen LogP contribution in [0, 0.1) is 11.8 Å². The van der Waals surface area contributed by atoms with E-state index >= 15 is 0 Å². The van der Waals surface area contributed by atoms with Crippen molar-refractivity contribution in [1.82, 2.24) is 19.7 Å². The Hall–Kier alpha value is -3.96. The number of benzene rings is 1. The van der Waals surface area contributed by atoms with Gasteiger partial charge < -0.3 is 14.7 Å². The molecular formula is C23H20N4O4. The second kappa shape index (κ2) is 8.05. The van der Waals surface area contributed by atoms with Crippen molar-refractivity contribution in [2.24, 2.45) is 0 Å². The van der Waals surface area contributed by atoms with E-state index in [0.29, 0.717) is 29.1 Å². The van der Waals surface area contributed by atoms with Crippen LogP contribution in [0.1, 0.15) is 22.5 Å². The van der Waals surface area contributed by atoms with Gasteiger partial charge in [0.25, 0.3) is 5.91 Å². The SMILES string of the molecule is COC(=O)c1cc(-n2cccn2)cc(-c2cccc(C#C[C@]3(O)CCN(C)C3=O)c2)n1. The van der Waals surface area contributed by atoms with Crippen molar-refractivity contribution in [2.45, 2.75) is 12.0 Å². The standard InChI is InChI=1S/C23H20N4O4/c1-26-12-9-23(30,22(26)29)8-7-16-5-3-6-17(13-16)19-14-18(27-11-4-10-24-27)15-20(25-19)21(28)31-2/h3-6,10-11,13-15,30H,9,12H2,1-2H3/t23-/m0/s1. The van der Waals surface area contributed by atoms with Crippen LogP contribution in [0.4, 0.5) is 0 Å². The van der Waals surface area contributed by atoms with Gasteiger partial charge in [0.1, 0.15) is 0 Å². The molecule has 1 atom stereocenters. The quantitative estimate of drug-likeness (QED) is 0.515. The summed E-state index contributed by atoms with van der Waals surface area (Å²) in [7, 11) is 2.94. The molecule has 0 spiro atoms. The number of amides is 1. The van der Waals surface area contributed by atoms with E-state index in [1.165, 1.54) is 12.0 Å². The lowest BCUT2D eigenvalue weighted by Crippen LogP contribution is -2.37. The third kappa shape index (κ3) is 4.04. The Morgan fingerprint density at radius 1 is 1.26 bits per heavy atom. The van der Waals surface area contributed by atoms with E-state index < -0.39 is 17.5 Å². The van der Waals surface area contributed by atoms with Crippen molar-refractivity contribution in [2.75, 3.05) is 20.7 Å². The highest BCUT2D eigenvalue weighted by atomic mass is 16.5. The number of aliphatic hydroxyl groups is 1. The van der Waals surface area contributed by atoms with Gasteiger partial charge in [0.2, 0.25) is 5.60 Å². The summed E-state index contributed by atoms with van der Waals surface area (Å²) in [5.74, 6) is 4.65. The molecule has 0 bridgehead atoms. The molecule has 1 N–H and O–H groups in total. The van der Waals surface area contributed by atoms with Crippen LogP contribution in [-0.4, -0.2) is 63.0 Å². The zero-order valence-electron chi connectivity index (χ0n) is 17.1. The molecule has 0 saturated carbocycles. The van der Waals surface area contributed by atoms with Crippen molar-refractivity contribution in [3.8, 4) is 28.8 Å². The molecule has 3 heterocycles. The molecule has 2 aromatic heterocycles. The molecule has 3 aromatic rings. The topological polar surface area (TPSA) is 97.5 Å². The number of pyridine rings is 1. The summed E-state index contributed by atoms with van der Waals surface area (Å²) in [5.41, 5.74) is 0.997. The van der Waals surface area contributed by atoms with Crippen LogP contribution in [0.3, 0.4) is 0 Å². The van der Waals surface area contributed by atoms with Gasteiger partial charge in [0, 0.05) is 43.5 Å². The summed E-state index contributed by atoms with van der Waals surface area (Å²) < 4.78 is 6.46. The van der Waals surface area contributed by atoms with Crippen molar-refractivity contribution in [3.63, 3.8) is 0 Å². The van der Waals surface area contributed by atoms with E-state index in [1.807, 2.05) is 6.07 Å². The number of hydrogen-bond donors (Lipinski definition) is 1. The Labute approximate surface area is 179 Å². The van der Waals surface area contributed by atoms with Crippen LogP contribution in [-0.2, 0) is 9.53 Å². The fraction of sp³-hybridized carbons (Fsp3) is 0.217. The predicted molar refractivity (Wildman–Crippen MR) is 112 cm³/mol. The molecule has 1 amide bonds. The molecule has 1 aliphatic heterocycles. The summed E-state index contributed by atoms with van der Waals surface area (Å²) in [6.45, 7) is 0.463. The average Bonchev–Trinajstić information content (AvgIpc) is 3.43. The van der Waals surface area contributed by atoms with E-state index in [4.69, 9.17) is 4.74 Å². The van der Waals surface area contributed by atoms with Crippen LogP contribution >= 0.6 is 0 Å². The van der Waals surface area contributed by atoms with Gasteiger partial charge in [-0.25, -0.2) is 14.5 Å². The number of hydrogen-bond acceptors (Lipinski definition) is 6. The maximum absolute atomic E-state index is 12.1. The highest BCUT2D eigenvalue weighted by molar-refractivity contribution is 5.90. The normalized spacial score (nSPS) is 17.9. The molecule has 0 aliphatic carbocycles. The van der Waals surface area contributed by atoms with Gasteiger partial charge in [-0.15, -0.1) is 0 Å². The van der Waals surface area contributed by atoms with Gasteiger partial charge in [-0.2, -0.15) is 5.10 Å². The summed E-state index contributed by atoms with van der Waals surface area (Å²) in [5, 5.41) is 14.7. The van der Waals surface area contributed by atoms with Crippen molar-refractivity contribution >= 4 is 11.9 Å². The number of methoxy groups -OCH3 is 1. The average molecular weight is 416 g/mol. The smallest absolute Gasteiger partial charge is 0.356 e. The number of likely N-dealkylation sites (N-methyl/N-ethyl adjacent to an activating group) is 1. The van der Waals surface area contributed by atoms with Gasteiger partial charge >= 0.3 is 5.97 Å². The van der Waals surface area contributed by atoms with Crippen molar-refractivity contribution < 1.29 is 19.4 Å². The van der Waals surface area contributed by atoms with Crippen LogP contribution in [0.25, 0.3) is 16.9 Å². The molecule has 8 nitrogen and oxygen atoms in total. The highest BCUT2D eigenvalue weighted by Crippen LogP contribution is 2.24. The molecule has 1 fully saturated rings. The minimum Gasteiger partial charge on any atom is -0.464 e. The third-order valence-corrected chi connectivity index (χ3v) is 5.06. The Kier molecular flexibility index (Phi) is 5.28. The van der Waals surface area contributed by atoms with E-state index in [-0.39, 0.29) is 12.1 Å². The highest BCUT2D eigenvalue weighted by Gasteiger charge is 2.42. The zero-order chi connectivity index (χ0) is 22.0. The minimum absolute atomic E-state index is 0.149. The maximum atomic E-state index is 12.1. The Morgan fingerprint density at radius 2 is 2.10 bits per heavy atom. The third-order valence-electron chi connectivity index (χ3n) is 5.06. The minimum atomic E-state index is -1.67. The molecule has 0 unspecified atom stereocenters. The Balaban J connectivity index is 1.73. The lowest BCUT2D eigenvalue weighted by Gasteiger charge is -2.13. The Bertz CT molecular complexity index is 1210.